The molecule has 0 amide bonds. The van der Waals surface area contributed by atoms with Crippen LogP contribution < -0.4 is 4.74 Å². The summed E-state index contributed by atoms with van der Waals surface area (Å²) in [6, 6.07) is 9.53. The topological polar surface area (TPSA) is 66.8 Å². The summed E-state index contributed by atoms with van der Waals surface area (Å²) in [6.45, 7) is 5.89. The Hall–Kier alpha value is -3.01. The fraction of sp³-hybridized carbons (Fsp3) is 0.227. The first kappa shape index (κ1) is 19.3. The van der Waals surface area contributed by atoms with E-state index in [9.17, 15) is 15.0 Å². The van der Waals surface area contributed by atoms with Gasteiger partial charge in [0.2, 0.25) is 0 Å². The summed E-state index contributed by atoms with van der Waals surface area (Å²) in [6.07, 6.45) is 5.82. The highest BCUT2D eigenvalue weighted by Crippen LogP contribution is 2.36. The molecule has 0 aliphatic carbocycles. The molecule has 4 nitrogen and oxygen atoms in total. The van der Waals surface area contributed by atoms with Crippen molar-refractivity contribution in [3.8, 4) is 11.5 Å². The van der Waals surface area contributed by atoms with Crippen molar-refractivity contribution in [2.24, 2.45) is 0 Å². The maximum absolute atomic E-state index is 11.7. The Kier molecular flexibility index (Phi) is 6.23. The highest BCUT2D eigenvalue weighted by atomic mass is 16.5. The lowest BCUT2D eigenvalue weighted by molar-refractivity contribution is 0.0693. The van der Waals surface area contributed by atoms with Gasteiger partial charge < -0.3 is 14.9 Å². The van der Waals surface area contributed by atoms with Crippen LogP contribution in [0, 0.1) is 6.92 Å². The number of rotatable bonds is 6. The van der Waals surface area contributed by atoms with Gasteiger partial charge in [-0.2, -0.15) is 0 Å². The maximum atomic E-state index is 11.7. The number of phenols is 1. The first-order valence-corrected chi connectivity index (χ1v) is 8.37. The van der Waals surface area contributed by atoms with Crippen LogP contribution in [-0.4, -0.2) is 23.3 Å². The minimum absolute atomic E-state index is 0.119. The molecule has 2 N–H and O–H groups in total. The SMILES string of the molecule is COc1cc(/C=C/c2ccc(C)cc2)c(C(=O)O)c(O)c1CC=C(C)C. The van der Waals surface area contributed by atoms with Crippen LogP contribution in [0.5, 0.6) is 11.5 Å². The largest absolute Gasteiger partial charge is 0.507 e. The Bertz CT molecular complexity index is 855. The number of aromatic carboxylic acids is 1. The molecule has 26 heavy (non-hydrogen) atoms. The molecule has 2 rings (SSSR count). The van der Waals surface area contributed by atoms with Crippen molar-refractivity contribution in [2.45, 2.75) is 27.2 Å². The number of carboxylic acid groups (broad SMARTS) is 1. The van der Waals surface area contributed by atoms with Gasteiger partial charge in [-0.25, -0.2) is 4.79 Å². The summed E-state index contributed by atoms with van der Waals surface area (Å²) in [7, 11) is 1.51. The van der Waals surface area contributed by atoms with E-state index in [4.69, 9.17) is 4.74 Å². The molecule has 0 saturated carbocycles. The molecule has 0 atom stereocenters. The Morgan fingerprint density at radius 3 is 2.35 bits per heavy atom. The molecule has 0 spiro atoms. The lowest BCUT2D eigenvalue weighted by atomic mass is 9.97. The average molecular weight is 352 g/mol. The van der Waals surface area contributed by atoms with Crippen molar-refractivity contribution in [1.82, 2.24) is 0 Å². The van der Waals surface area contributed by atoms with Gasteiger partial charge in [0.15, 0.2) is 0 Å². The van der Waals surface area contributed by atoms with Crippen LogP contribution >= 0.6 is 0 Å². The van der Waals surface area contributed by atoms with Gasteiger partial charge in [-0.05, 0) is 44.4 Å². The summed E-state index contributed by atoms with van der Waals surface area (Å²) in [4.78, 5) is 11.7. The van der Waals surface area contributed by atoms with E-state index in [1.54, 1.807) is 12.1 Å². The molecule has 2 aromatic rings. The van der Waals surface area contributed by atoms with Crippen molar-refractivity contribution < 1.29 is 19.7 Å². The molecule has 0 unspecified atom stereocenters. The van der Waals surface area contributed by atoms with E-state index in [1.165, 1.54) is 7.11 Å². The van der Waals surface area contributed by atoms with Gasteiger partial charge in [-0.15, -0.1) is 0 Å². The number of ether oxygens (including phenoxy) is 1. The number of methoxy groups -OCH3 is 1. The first-order chi connectivity index (χ1) is 12.3. The van der Waals surface area contributed by atoms with E-state index in [-0.39, 0.29) is 11.3 Å². The van der Waals surface area contributed by atoms with Gasteiger partial charge in [0.1, 0.15) is 17.1 Å². The van der Waals surface area contributed by atoms with E-state index in [0.29, 0.717) is 23.3 Å². The predicted molar refractivity (Wildman–Crippen MR) is 105 cm³/mol. The van der Waals surface area contributed by atoms with E-state index >= 15 is 0 Å². The standard InChI is InChI=1S/C22H24O4/c1-14(2)5-12-18-19(26-4)13-17(20(21(18)23)22(24)25)11-10-16-8-6-15(3)7-9-16/h5-11,13,23H,12H2,1-4H3,(H,24,25)/b11-10+. The quantitative estimate of drug-likeness (QED) is 0.561. The van der Waals surface area contributed by atoms with E-state index in [2.05, 4.69) is 0 Å². The second kappa shape index (κ2) is 8.39. The van der Waals surface area contributed by atoms with E-state index < -0.39 is 5.97 Å². The molecule has 0 aromatic heterocycles. The molecule has 2 aromatic carbocycles. The smallest absolute Gasteiger partial charge is 0.340 e. The van der Waals surface area contributed by atoms with Crippen LogP contribution in [0.15, 0.2) is 42.0 Å². The van der Waals surface area contributed by atoms with Gasteiger partial charge in [0.05, 0.1) is 7.11 Å². The molecular weight excluding hydrogens is 328 g/mol. The Morgan fingerprint density at radius 1 is 1.15 bits per heavy atom. The zero-order valence-electron chi connectivity index (χ0n) is 15.5. The van der Waals surface area contributed by atoms with E-state index in [0.717, 1.165) is 16.7 Å². The summed E-state index contributed by atoms with van der Waals surface area (Å²) in [5.41, 5.74) is 3.92. The molecular formula is C22H24O4. The molecule has 0 aliphatic heterocycles. The molecule has 136 valence electrons. The first-order valence-electron chi connectivity index (χ1n) is 8.37. The number of carbonyl (C=O) groups is 1. The van der Waals surface area contributed by atoms with Crippen LogP contribution in [0.1, 0.15) is 46.5 Å². The molecule has 0 aliphatic rings. The Labute approximate surface area is 154 Å². The molecule has 4 heteroatoms. The van der Waals surface area contributed by atoms with Crippen LogP contribution in [0.2, 0.25) is 0 Å². The Morgan fingerprint density at radius 2 is 1.81 bits per heavy atom. The second-order valence-electron chi connectivity index (χ2n) is 6.40. The van der Waals surface area contributed by atoms with Crippen molar-refractivity contribution in [3.63, 3.8) is 0 Å². The summed E-state index contributed by atoms with van der Waals surface area (Å²) >= 11 is 0. The fourth-order valence-corrected chi connectivity index (χ4v) is 2.61. The van der Waals surface area contributed by atoms with Crippen LogP contribution in [0.4, 0.5) is 0 Å². The number of aromatic hydroxyl groups is 1. The van der Waals surface area contributed by atoms with Crippen molar-refractivity contribution in [1.29, 1.82) is 0 Å². The molecule has 0 bridgehead atoms. The molecule has 0 fully saturated rings. The minimum Gasteiger partial charge on any atom is -0.507 e. The number of carboxylic acids is 1. The summed E-state index contributed by atoms with van der Waals surface area (Å²) in [5.74, 6) is -0.960. The van der Waals surface area contributed by atoms with Gasteiger partial charge in [-0.3, -0.25) is 0 Å². The number of hydrogen-bond acceptors (Lipinski definition) is 3. The minimum atomic E-state index is -1.17. The summed E-state index contributed by atoms with van der Waals surface area (Å²) < 4.78 is 5.39. The third kappa shape index (κ3) is 4.54. The molecule has 0 heterocycles. The lowest BCUT2D eigenvalue weighted by Gasteiger charge is -2.14. The van der Waals surface area contributed by atoms with Gasteiger partial charge in [0.25, 0.3) is 0 Å². The Balaban J connectivity index is 2.54. The van der Waals surface area contributed by atoms with Gasteiger partial charge in [-0.1, -0.05) is 53.6 Å². The average Bonchev–Trinajstić information content (AvgIpc) is 2.59. The number of benzene rings is 2. The third-order valence-corrected chi connectivity index (χ3v) is 4.08. The zero-order valence-corrected chi connectivity index (χ0v) is 15.5. The lowest BCUT2D eigenvalue weighted by Crippen LogP contribution is -2.04. The molecule has 0 saturated heterocycles. The predicted octanol–water partition coefficient (Wildman–Crippen LogP) is 5.09. The van der Waals surface area contributed by atoms with Crippen LogP contribution in [0.3, 0.4) is 0 Å². The number of hydrogen-bond donors (Lipinski definition) is 2. The normalized spacial score (nSPS) is 10.8. The zero-order chi connectivity index (χ0) is 19.3. The fourth-order valence-electron chi connectivity index (χ4n) is 2.61. The van der Waals surface area contributed by atoms with Crippen molar-refractivity contribution >= 4 is 18.1 Å². The van der Waals surface area contributed by atoms with Crippen molar-refractivity contribution in [2.75, 3.05) is 7.11 Å². The second-order valence-corrected chi connectivity index (χ2v) is 6.40. The number of allylic oxidation sites excluding steroid dienone is 2. The van der Waals surface area contributed by atoms with Crippen molar-refractivity contribution in [3.05, 3.63) is 69.8 Å². The van der Waals surface area contributed by atoms with E-state index in [1.807, 2.05) is 57.2 Å². The highest BCUT2D eigenvalue weighted by molar-refractivity contribution is 5.97. The maximum Gasteiger partial charge on any atom is 0.340 e. The number of aryl methyl sites for hydroxylation is 1. The monoisotopic (exact) mass is 352 g/mol. The van der Waals surface area contributed by atoms with Crippen LogP contribution in [0.25, 0.3) is 12.2 Å². The molecule has 0 radical (unpaired) electrons. The highest BCUT2D eigenvalue weighted by Gasteiger charge is 2.21. The summed E-state index contributed by atoms with van der Waals surface area (Å²) in [5, 5.41) is 20.2. The van der Waals surface area contributed by atoms with Crippen LogP contribution in [-0.2, 0) is 6.42 Å². The van der Waals surface area contributed by atoms with Gasteiger partial charge >= 0.3 is 5.97 Å². The van der Waals surface area contributed by atoms with Gasteiger partial charge in [0, 0.05) is 5.56 Å². The third-order valence-electron chi connectivity index (χ3n) is 4.08.